The van der Waals surface area contributed by atoms with Crippen LogP contribution in [0.15, 0.2) is 48.5 Å². The number of ether oxygens (including phenoxy) is 2. The molecule has 0 saturated carbocycles. The van der Waals surface area contributed by atoms with E-state index in [0.717, 1.165) is 41.4 Å². The highest BCUT2D eigenvalue weighted by Crippen LogP contribution is 2.29. The molecule has 28 heavy (non-hydrogen) atoms. The molecule has 0 aliphatic rings. The molecule has 1 heterocycles. The third kappa shape index (κ3) is 4.38. The molecule has 0 saturated heterocycles. The number of nitrogens with zero attached hydrogens (tertiary/aromatic N) is 2. The molecule has 0 aliphatic heterocycles. The molecule has 148 valence electrons. The number of methoxy groups -OCH3 is 1. The van der Waals surface area contributed by atoms with Crippen LogP contribution in [0.25, 0.3) is 17.1 Å². The van der Waals surface area contributed by atoms with Gasteiger partial charge in [-0.25, -0.2) is 4.98 Å². The van der Waals surface area contributed by atoms with Crippen LogP contribution in [0.3, 0.4) is 0 Å². The minimum absolute atomic E-state index is 0.00821. The van der Waals surface area contributed by atoms with Crippen molar-refractivity contribution in [1.29, 1.82) is 0 Å². The molecule has 0 aliphatic carbocycles. The van der Waals surface area contributed by atoms with Crippen LogP contribution >= 0.6 is 0 Å². The lowest BCUT2D eigenvalue weighted by Gasteiger charge is -2.20. The third-order valence-corrected chi connectivity index (χ3v) is 4.66. The first-order valence-electron chi connectivity index (χ1n) is 9.83. The van der Waals surface area contributed by atoms with Gasteiger partial charge in [-0.15, -0.1) is 0 Å². The number of aryl methyl sites for hydroxylation is 1. The molecule has 0 fully saturated rings. The highest BCUT2D eigenvalue weighted by molar-refractivity contribution is 5.76. The Morgan fingerprint density at radius 1 is 1.07 bits per heavy atom. The number of benzene rings is 2. The molecule has 4 nitrogen and oxygen atoms in total. The van der Waals surface area contributed by atoms with Gasteiger partial charge in [0, 0.05) is 12.0 Å². The monoisotopic (exact) mass is 378 g/mol. The molecule has 1 aromatic heterocycles. The third-order valence-electron chi connectivity index (χ3n) is 4.66. The molecule has 0 radical (unpaired) electrons. The van der Waals surface area contributed by atoms with Crippen molar-refractivity contribution in [1.82, 2.24) is 9.55 Å². The lowest BCUT2D eigenvalue weighted by atomic mass is 9.95. The lowest BCUT2D eigenvalue weighted by molar-refractivity contribution is 0.281. The summed E-state index contributed by atoms with van der Waals surface area (Å²) in [7, 11) is 1.68. The molecule has 4 heteroatoms. The summed E-state index contributed by atoms with van der Waals surface area (Å²) >= 11 is 0. The summed E-state index contributed by atoms with van der Waals surface area (Å²) in [6, 6.07) is 14.3. The summed E-state index contributed by atoms with van der Waals surface area (Å²) < 4.78 is 13.8. The number of rotatable bonds is 7. The Bertz CT molecular complexity index is 964. The van der Waals surface area contributed by atoms with Crippen LogP contribution in [0.4, 0.5) is 0 Å². The van der Waals surface area contributed by atoms with E-state index in [0.29, 0.717) is 6.61 Å². The normalized spacial score (nSPS) is 12.0. The van der Waals surface area contributed by atoms with Crippen LogP contribution in [0.1, 0.15) is 45.5 Å². The molecule has 0 unspecified atom stereocenters. The summed E-state index contributed by atoms with van der Waals surface area (Å²) in [5.41, 5.74) is 3.33. The summed E-state index contributed by atoms with van der Waals surface area (Å²) in [6.45, 7) is 10.1. The van der Waals surface area contributed by atoms with E-state index < -0.39 is 0 Å². The van der Waals surface area contributed by atoms with Crippen LogP contribution in [0, 0.1) is 0 Å². The van der Waals surface area contributed by atoms with E-state index in [-0.39, 0.29) is 5.41 Å². The van der Waals surface area contributed by atoms with Crippen molar-refractivity contribution >= 4 is 17.1 Å². The second-order valence-electron chi connectivity index (χ2n) is 7.94. The molecule has 0 bridgehead atoms. The lowest BCUT2D eigenvalue weighted by Crippen LogP contribution is -2.19. The highest BCUT2D eigenvalue weighted by Gasteiger charge is 2.22. The van der Waals surface area contributed by atoms with Crippen molar-refractivity contribution in [3.8, 4) is 11.5 Å². The Hall–Kier alpha value is -2.75. The smallest absolute Gasteiger partial charge is 0.161 e. The van der Waals surface area contributed by atoms with E-state index in [1.165, 1.54) is 5.52 Å². The van der Waals surface area contributed by atoms with Gasteiger partial charge in [0.1, 0.15) is 5.82 Å². The van der Waals surface area contributed by atoms with Gasteiger partial charge in [-0.2, -0.15) is 0 Å². The number of imidazole rings is 1. The van der Waals surface area contributed by atoms with E-state index in [1.54, 1.807) is 7.11 Å². The molecule has 0 amide bonds. The standard InChI is InChI=1S/C24H30N2O2/c1-6-10-18-13-14-21(22(17-18)27-5)28-16-9-15-26-20-12-8-7-11-19(20)25-23(26)24(2,3)4/h6-8,10-14,17H,9,15-16H2,1-5H3/b10-6+. The number of hydrogen-bond donors (Lipinski definition) is 0. The van der Waals surface area contributed by atoms with E-state index >= 15 is 0 Å². The van der Waals surface area contributed by atoms with Crippen molar-refractivity contribution < 1.29 is 9.47 Å². The fraction of sp³-hybridized carbons (Fsp3) is 0.375. The first kappa shape index (κ1) is 20.0. The maximum absolute atomic E-state index is 6.01. The minimum Gasteiger partial charge on any atom is -0.493 e. The van der Waals surface area contributed by atoms with Crippen molar-refractivity contribution in [3.05, 3.63) is 59.9 Å². The molecule has 0 spiro atoms. The first-order valence-corrected chi connectivity index (χ1v) is 9.83. The minimum atomic E-state index is -0.00821. The topological polar surface area (TPSA) is 36.3 Å². The van der Waals surface area contributed by atoms with Gasteiger partial charge in [-0.05, 0) is 43.2 Å². The van der Waals surface area contributed by atoms with Crippen LogP contribution < -0.4 is 9.47 Å². The van der Waals surface area contributed by atoms with E-state index in [1.807, 2.05) is 43.3 Å². The number of para-hydroxylation sites is 2. The van der Waals surface area contributed by atoms with Gasteiger partial charge in [0.2, 0.25) is 0 Å². The quantitative estimate of drug-likeness (QED) is 0.484. The van der Waals surface area contributed by atoms with Crippen molar-refractivity contribution in [3.63, 3.8) is 0 Å². The zero-order chi connectivity index (χ0) is 20.1. The van der Waals surface area contributed by atoms with E-state index in [4.69, 9.17) is 14.5 Å². The maximum Gasteiger partial charge on any atom is 0.161 e. The first-order chi connectivity index (χ1) is 13.4. The maximum atomic E-state index is 6.01. The van der Waals surface area contributed by atoms with Gasteiger partial charge in [0.15, 0.2) is 11.5 Å². The number of hydrogen-bond acceptors (Lipinski definition) is 3. The predicted octanol–water partition coefficient (Wildman–Crippen LogP) is 5.84. The second-order valence-corrected chi connectivity index (χ2v) is 7.94. The molecule has 0 atom stereocenters. The van der Waals surface area contributed by atoms with Crippen molar-refractivity contribution in [2.24, 2.45) is 0 Å². The fourth-order valence-electron chi connectivity index (χ4n) is 3.38. The number of allylic oxidation sites excluding steroid dienone is 1. The summed E-state index contributed by atoms with van der Waals surface area (Å²) in [5, 5.41) is 0. The Balaban J connectivity index is 1.71. The van der Waals surface area contributed by atoms with Crippen LogP contribution in [0.2, 0.25) is 0 Å². The Morgan fingerprint density at radius 3 is 2.57 bits per heavy atom. The molecular weight excluding hydrogens is 348 g/mol. The fourth-order valence-corrected chi connectivity index (χ4v) is 3.38. The molecule has 3 rings (SSSR count). The second kappa shape index (κ2) is 8.51. The van der Waals surface area contributed by atoms with Gasteiger partial charge in [-0.1, -0.05) is 51.1 Å². The van der Waals surface area contributed by atoms with Gasteiger partial charge in [0.05, 0.1) is 24.8 Å². The van der Waals surface area contributed by atoms with Crippen LogP contribution in [-0.2, 0) is 12.0 Å². The summed E-state index contributed by atoms with van der Waals surface area (Å²) in [6.07, 6.45) is 4.95. The number of fused-ring (bicyclic) bond motifs is 1. The van der Waals surface area contributed by atoms with Gasteiger partial charge >= 0.3 is 0 Å². The molecule has 3 aromatic rings. The van der Waals surface area contributed by atoms with Crippen LogP contribution in [-0.4, -0.2) is 23.3 Å². The average molecular weight is 379 g/mol. The Labute approximate surface area is 167 Å². The van der Waals surface area contributed by atoms with Crippen molar-refractivity contribution in [2.75, 3.05) is 13.7 Å². The summed E-state index contributed by atoms with van der Waals surface area (Å²) in [4.78, 5) is 4.87. The largest absolute Gasteiger partial charge is 0.493 e. The Morgan fingerprint density at radius 2 is 1.86 bits per heavy atom. The zero-order valence-electron chi connectivity index (χ0n) is 17.5. The highest BCUT2D eigenvalue weighted by atomic mass is 16.5. The molecular formula is C24H30N2O2. The van der Waals surface area contributed by atoms with Gasteiger partial charge < -0.3 is 14.0 Å². The van der Waals surface area contributed by atoms with Gasteiger partial charge in [-0.3, -0.25) is 0 Å². The SMILES string of the molecule is C/C=C/c1ccc(OCCCn2c(C(C)(C)C)nc3ccccc32)c(OC)c1. The van der Waals surface area contributed by atoms with Gasteiger partial charge in [0.25, 0.3) is 0 Å². The Kier molecular flexibility index (Phi) is 6.08. The van der Waals surface area contributed by atoms with Crippen molar-refractivity contribution in [2.45, 2.75) is 46.1 Å². The number of aromatic nitrogens is 2. The molecule has 0 N–H and O–H groups in total. The predicted molar refractivity (Wildman–Crippen MR) is 116 cm³/mol. The summed E-state index contributed by atoms with van der Waals surface area (Å²) in [5.74, 6) is 2.66. The van der Waals surface area contributed by atoms with E-state index in [9.17, 15) is 0 Å². The average Bonchev–Trinajstić information content (AvgIpc) is 3.05. The zero-order valence-corrected chi connectivity index (χ0v) is 17.5. The molecule has 2 aromatic carbocycles. The van der Waals surface area contributed by atoms with E-state index in [2.05, 4.69) is 43.5 Å². The van der Waals surface area contributed by atoms with Crippen LogP contribution in [0.5, 0.6) is 11.5 Å².